The number of phenolic OH excluding ortho intramolecular Hbond substituents is 1. The van der Waals surface area contributed by atoms with Crippen LogP contribution in [-0.2, 0) is 21.2 Å². The molecule has 1 atom stereocenters. The van der Waals surface area contributed by atoms with E-state index in [1.165, 1.54) is 30.9 Å². The number of aromatic hydroxyl groups is 1. The molecule has 0 bridgehead atoms. The molecule has 0 aromatic heterocycles. The Morgan fingerprint density at radius 2 is 1.87 bits per heavy atom. The summed E-state index contributed by atoms with van der Waals surface area (Å²) in [5, 5.41) is 9.99. The van der Waals surface area contributed by atoms with Crippen molar-refractivity contribution in [2.24, 2.45) is 5.92 Å². The molecule has 2 aliphatic rings. The van der Waals surface area contributed by atoms with E-state index in [0.717, 1.165) is 36.9 Å². The van der Waals surface area contributed by atoms with Crippen molar-refractivity contribution in [1.82, 2.24) is 0 Å². The molecule has 1 fully saturated rings. The van der Waals surface area contributed by atoms with Crippen molar-refractivity contribution in [2.75, 3.05) is 11.4 Å². The number of sulfonamides is 1. The molecule has 0 radical (unpaired) electrons. The summed E-state index contributed by atoms with van der Waals surface area (Å²) >= 11 is 0. The fourth-order valence-electron chi connectivity index (χ4n) is 4.26. The number of benzene rings is 2. The smallest absolute Gasteiger partial charge is 0.341 e. The fraction of sp³-hybridized carbons (Fsp3) is 0.435. The molecule has 0 amide bonds. The molecule has 7 heteroatoms. The third-order valence-electron chi connectivity index (χ3n) is 6.11. The van der Waals surface area contributed by atoms with E-state index < -0.39 is 16.0 Å². The lowest BCUT2D eigenvalue weighted by molar-refractivity contribution is 0.0597. The molecule has 1 saturated carbocycles. The highest BCUT2D eigenvalue weighted by atomic mass is 32.2. The summed E-state index contributed by atoms with van der Waals surface area (Å²) in [6.45, 7) is 4.24. The number of rotatable bonds is 5. The predicted octanol–water partition coefficient (Wildman–Crippen LogP) is 4.22. The molecule has 1 N–H and O–H groups in total. The number of carbonyl (C=O) groups is 1. The van der Waals surface area contributed by atoms with E-state index in [1.54, 1.807) is 4.31 Å². The van der Waals surface area contributed by atoms with Crippen molar-refractivity contribution in [2.45, 2.75) is 56.4 Å². The molecule has 0 spiro atoms. The first kappa shape index (κ1) is 20.7. The first-order valence-electron chi connectivity index (χ1n) is 10.3. The van der Waals surface area contributed by atoms with E-state index in [0.29, 0.717) is 11.8 Å². The SMILES string of the molecule is COC(=O)c1cc(S(=O)(=O)N2c3ccc(C(C)C)cc3CCC2C2CC2)ccc1O. The molecular weight excluding hydrogens is 402 g/mol. The number of nitrogens with zero attached hydrogens (tertiary/aromatic N) is 1. The van der Waals surface area contributed by atoms with Gasteiger partial charge in [-0.25, -0.2) is 13.2 Å². The van der Waals surface area contributed by atoms with Crippen molar-refractivity contribution in [1.29, 1.82) is 0 Å². The van der Waals surface area contributed by atoms with Crippen LogP contribution in [0.2, 0.25) is 0 Å². The molecule has 1 unspecified atom stereocenters. The molecule has 1 heterocycles. The van der Waals surface area contributed by atoms with Gasteiger partial charge < -0.3 is 9.84 Å². The summed E-state index contributed by atoms with van der Waals surface area (Å²) in [6.07, 6.45) is 3.69. The number of hydrogen-bond donors (Lipinski definition) is 1. The Morgan fingerprint density at radius 1 is 1.13 bits per heavy atom. The third-order valence-corrected chi connectivity index (χ3v) is 7.95. The van der Waals surface area contributed by atoms with Gasteiger partial charge in [-0.1, -0.05) is 26.0 Å². The summed E-state index contributed by atoms with van der Waals surface area (Å²) in [6, 6.07) is 9.72. The highest BCUT2D eigenvalue weighted by Gasteiger charge is 2.44. The molecule has 1 aliphatic heterocycles. The van der Waals surface area contributed by atoms with Crippen LogP contribution >= 0.6 is 0 Å². The van der Waals surface area contributed by atoms with E-state index in [-0.39, 0.29) is 22.3 Å². The average Bonchev–Trinajstić information content (AvgIpc) is 3.57. The monoisotopic (exact) mass is 429 g/mol. The van der Waals surface area contributed by atoms with Gasteiger partial charge in [0.2, 0.25) is 0 Å². The summed E-state index contributed by atoms with van der Waals surface area (Å²) in [5.74, 6) is -0.361. The molecule has 6 nitrogen and oxygen atoms in total. The molecule has 30 heavy (non-hydrogen) atoms. The first-order chi connectivity index (χ1) is 14.2. The largest absolute Gasteiger partial charge is 0.507 e. The maximum absolute atomic E-state index is 13.8. The highest BCUT2D eigenvalue weighted by molar-refractivity contribution is 7.92. The molecule has 1 aliphatic carbocycles. The lowest BCUT2D eigenvalue weighted by Gasteiger charge is -2.38. The highest BCUT2D eigenvalue weighted by Crippen LogP contribution is 2.46. The van der Waals surface area contributed by atoms with Crippen molar-refractivity contribution in [3.63, 3.8) is 0 Å². The number of fused-ring (bicyclic) bond motifs is 1. The zero-order valence-electron chi connectivity index (χ0n) is 17.5. The van der Waals surface area contributed by atoms with Gasteiger partial charge in [0.25, 0.3) is 10.0 Å². The Kier molecular flexibility index (Phi) is 5.26. The van der Waals surface area contributed by atoms with Crippen LogP contribution in [-0.4, -0.2) is 32.6 Å². The minimum atomic E-state index is -3.93. The molecule has 2 aromatic rings. The standard InChI is InChI=1S/C23H27NO5S/c1-14(2)16-6-9-21-17(12-16)7-10-20(15-4-5-15)24(21)30(27,28)18-8-11-22(25)19(13-18)23(26)29-3/h6,8-9,11-15,20,25H,4-5,7,10H2,1-3H3. The van der Waals surface area contributed by atoms with Gasteiger partial charge in [-0.15, -0.1) is 0 Å². The van der Waals surface area contributed by atoms with Crippen LogP contribution in [0.25, 0.3) is 0 Å². The average molecular weight is 430 g/mol. The van der Waals surface area contributed by atoms with Crippen LogP contribution < -0.4 is 4.31 Å². The molecule has 0 saturated heterocycles. The maximum Gasteiger partial charge on any atom is 0.341 e. The van der Waals surface area contributed by atoms with Gasteiger partial charge in [-0.3, -0.25) is 4.31 Å². The Morgan fingerprint density at radius 3 is 2.50 bits per heavy atom. The Bertz CT molecular complexity index is 1090. The first-order valence-corrected chi connectivity index (χ1v) is 11.8. The zero-order chi connectivity index (χ0) is 21.6. The van der Waals surface area contributed by atoms with Crippen LogP contribution in [0.4, 0.5) is 5.69 Å². The van der Waals surface area contributed by atoms with Crippen LogP contribution in [0.1, 0.15) is 60.5 Å². The Labute approximate surface area is 177 Å². The zero-order valence-corrected chi connectivity index (χ0v) is 18.3. The molecule has 2 aromatic carbocycles. The number of esters is 1. The van der Waals surface area contributed by atoms with Crippen molar-refractivity contribution in [3.8, 4) is 5.75 Å². The quantitative estimate of drug-likeness (QED) is 0.720. The normalized spacial score (nSPS) is 18.9. The number of carbonyl (C=O) groups excluding carboxylic acids is 1. The van der Waals surface area contributed by atoms with E-state index in [2.05, 4.69) is 24.7 Å². The van der Waals surface area contributed by atoms with Crippen molar-refractivity contribution < 1.29 is 23.1 Å². The lowest BCUT2D eigenvalue weighted by Crippen LogP contribution is -2.45. The summed E-state index contributed by atoms with van der Waals surface area (Å²) in [4.78, 5) is 12.0. The van der Waals surface area contributed by atoms with E-state index >= 15 is 0 Å². The number of aryl methyl sites for hydroxylation is 1. The van der Waals surface area contributed by atoms with E-state index in [9.17, 15) is 18.3 Å². The number of anilines is 1. The van der Waals surface area contributed by atoms with Crippen LogP contribution in [0.15, 0.2) is 41.3 Å². The van der Waals surface area contributed by atoms with Gasteiger partial charge in [-0.2, -0.15) is 0 Å². The van der Waals surface area contributed by atoms with Gasteiger partial charge in [0.15, 0.2) is 0 Å². The number of ether oxygens (including phenoxy) is 1. The van der Waals surface area contributed by atoms with Crippen LogP contribution in [0, 0.1) is 5.92 Å². The van der Waals surface area contributed by atoms with Crippen LogP contribution in [0.5, 0.6) is 5.75 Å². The molecular formula is C23H27NO5S. The molecule has 4 rings (SSSR count). The summed E-state index contributed by atoms with van der Waals surface area (Å²) < 4.78 is 33.8. The van der Waals surface area contributed by atoms with Gasteiger partial charge in [0, 0.05) is 6.04 Å². The second-order valence-electron chi connectivity index (χ2n) is 8.46. The minimum absolute atomic E-state index is 0.0212. The second-order valence-corrected chi connectivity index (χ2v) is 10.3. The molecule has 160 valence electrons. The number of methoxy groups -OCH3 is 1. The van der Waals surface area contributed by atoms with E-state index in [4.69, 9.17) is 0 Å². The van der Waals surface area contributed by atoms with E-state index in [1.807, 2.05) is 12.1 Å². The summed E-state index contributed by atoms with van der Waals surface area (Å²) in [5.41, 5.74) is 2.78. The van der Waals surface area contributed by atoms with Gasteiger partial charge >= 0.3 is 5.97 Å². The Balaban J connectivity index is 1.83. The predicted molar refractivity (Wildman–Crippen MR) is 114 cm³/mol. The maximum atomic E-state index is 13.8. The number of hydrogen-bond acceptors (Lipinski definition) is 5. The second kappa shape index (κ2) is 7.61. The minimum Gasteiger partial charge on any atom is -0.507 e. The van der Waals surface area contributed by atoms with Gasteiger partial charge in [-0.05, 0) is 72.9 Å². The topological polar surface area (TPSA) is 83.9 Å². The van der Waals surface area contributed by atoms with Crippen molar-refractivity contribution >= 4 is 21.7 Å². The third kappa shape index (κ3) is 3.55. The van der Waals surface area contributed by atoms with Crippen molar-refractivity contribution in [3.05, 3.63) is 53.1 Å². The summed E-state index contributed by atoms with van der Waals surface area (Å²) in [7, 11) is -2.74. The van der Waals surface area contributed by atoms with Gasteiger partial charge in [0.05, 0.1) is 17.7 Å². The number of phenols is 1. The van der Waals surface area contributed by atoms with Gasteiger partial charge in [0.1, 0.15) is 11.3 Å². The lowest BCUT2D eigenvalue weighted by atomic mass is 9.91. The van der Waals surface area contributed by atoms with Crippen LogP contribution in [0.3, 0.4) is 0 Å². The Hall–Kier alpha value is -2.54. The fourth-order valence-corrected chi connectivity index (χ4v) is 6.06.